The molecule has 0 saturated heterocycles. The van der Waals surface area contributed by atoms with Gasteiger partial charge in [-0.05, 0) is 54.1 Å². The lowest BCUT2D eigenvalue weighted by atomic mass is 9.76. The highest BCUT2D eigenvalue weighted by atomic mass is 15.2. The minimum absolute atomic E-state index is 0.749. The van der Waals surface area contributed by atoms with Gasteiger partial charge in [0.2, 0.25) is 0 Å². The van der Waals surface area contributed by atoms with Crippen molar-refractivity contribution in [1.29, 1.82) is 0 Å². The van der Waals surface area contributed by atoms with Gasteiger partial charge in [0.15, 0.2) is 0 Å². The van der Waals surface area contributed by atoms with Crippen LogP contribution in [0.4, 0.5) is 0 Å². The van der Waals surface area contributed by atoms with Crippen molar-refractivity contribution in [3.05, 3.63) is 71.8 Å². The third-order valence-electron chi connectivity index (χ3n) is 6.58. The summed E-state index contributed by atoms with van der Waals surface area (Å²) in [7, 11) is 0. The molecule has 0 N–H and O–H groups in total. The van der Waals surface area contributed by atoms with Gasteiger partial charge < -0.3 is 0 Å². The molecular weight excluding hydrogens is 302 g/mol. The Morgan fingerprint density at radius 2 is 1.32 bits per heavy atom. The minimum Gasteiger partial charge on any atom is -0.291 e. The summed E-state index contributed by atoms with van der Waals surface area (Å²) in [4.78, 5) is 2.80. The second-order valence-corrected chi connectivity index (χ2v) is 8.52. The average Bonchev–Trinajstić information content (AvgIpc) is 3.24. The van der Waals surface area contributed by atoms with E-state index in [1.807, 2.05) is 0 Å². The van der Waals surface area contributed by atoms with Crippen molar-refractivity contribution < 1.29 is 0 Å². The van der Waals surface area contributed by atoms with Crippen LogP contribution >= 0.6 is 0 Å². The summed E-state index contributed by atoms with van der Waals surface area (Å²) >= 11 is 0. The number of nitrogens with zero attached hydrogens (tertiary/aromatic N) is 1. The lowest BCUT2D eigenvalue weighted by Gasteiger charge is -2.42. The van der Waals surface area contributed by atoms with Crippen LogP contribution in [0.1, 0.15) is 44.2 Å². The fraction of sp³-hybridized carbons (Fsp3) is 0.500. The van der Waals surface area contributed by atoms with Gasteiger partial charge in [-0.3, -0.25) is 4.90 Å². The Balaban J connectivity index is 1.62. The van der Waals surface area contributed by atoms with Gasteiger partial charge in [-0.2, -0.15) is 0 Å². The maximum absolute atomic E-state index is 2.80. The molecule has 2 fully saturated rings. The standard InChI is InChI=1S/C24H31N/c1-18(2)23-21-13-14-22(15-21)24(23)25(16-19-9-5-3-6-10-19)17-20-11-7-4-8-12-20/h3-12,18,21-24H,13-17H2,1-2H3/t21-,22+,23?,24+/m0/s1. The Hall–Kier alpha value is -1.60. The molecule has 132 valence electrons. The van der Waals surface area contributed by atoms with Crippen molar-refractivity contribution in [2.24, 2.45) is 23.7 Å². The van der Waals surface area contributed by atoms with Crippen molar-refractivity contribution in [1.82, 2.24) is 4.90 Å². The summed E-state index contributed by atoms with van der Waals surface area (Å²) in [6.45, 7) is 7.04. The Morgan fingerprint density at radius 3 is 1.84 bits per heavy atom. The molecule has 2 aliphatic carbocycles. The molecule has 0 spiro atoms. The fourth-order valence-electron chi connectivity index (χ4n) is 5.69. The summed E-state index contributed by atoms with van der Waals surface area (Å²) in [6, 6.07) is 22.9. The number of hydrogen-bond donors (Lipinski definition) is 0. The molecule has 1 unspecified atom stereocenters. The van der Waals surface area contributed by atoms with E-state index in [1.54, 1.807) is 0 Å². The van der Waals surface area contributed by atoms with Crippen molar-refractivity contribution in [3.63, 3.8) is 0 Å². The first-order valence-electron chi connectivity index (χ1n) is 10.0. The normalized spacial score (nSPS) is 28.2. The second kappa shape index (κ2) is 7.33. The number of fused-ring (bicyclic) bond motifs is 2. The largest absolute Gasteiger partial charge is 0.291 e. The van der Waals surface area contributed by atoms with Crippen molar-refractivity contribution >= 4 is 0 Å². The molecule has 0 aliphatic heterocycles. The van der Waals surface area contributed by atoms with Gasteiger partial charge >= 0.3 is 0 Å². The van der Waals surface area contributed by atoms with Crippen LogP contribution in [-0.4, -0.2) is 10.9 Å². The molecule has 0 aromatic heterocycles. The molecule has 0 heterocycles. The topological polar surface area (TPSA) is 3.24 Å². The molecule has 0 radical (unpaired) electrons. The van der Waals surface area contributed by atoms with Crippen LogP contribution < -0.4 is 0 Å². The maximum atomic E-state index is 2.80. The van der Waals surface area contributed by atoms with Crippen LogP contribution in [0, 0.1) is 23.7 Å². The zero-order valence-corrected chi connectivity index (χ0v) is 15.6. The smallest absolute Gasteiger partial charge is 0.0240 e. The molecule has 1 heteroatoms. The monoisotopic (exact) mass is 333 g/mol. The first kappa shape index (κ1) is 16.8. The number of hydrogen-bond acceptors (Lipinski definition) is 1. The zero-order valence-electron chi connectivity index (χ0n) is 15.6. The first-order chi connectivity index (χ1) is 12.2. The summed E-state index contributed by atoms with van der Waals surface area (Å²) in [5.41, 5.74) is 2.90. The van der Waals surface area contributed by atoms with Gasteiger partial charge in [-0.1, -0.05) is 74.5 Å². The molecule has 2 aliphatic rings. The van der Waals surface area contributed by atoms with Crippen molar-refractivity contribution in [2.75, 3.05) is 0 Å². The molecule has 1 nitrogen and oxygen atoms in total. The van der Waals surface area contributed by atoms with E-state index in [9.17, 15) is 0 Å². The molecular formula is C24H31N. The molecule has 0 amide bonds. The molecule has 2 bridgehead atoms. The molecule has 4 atom stereocenters. The van der Waals surface area contributed by atoms with Gasteiger partial charge in [-0.15, -0.1) is 0 Å². The van der Waals surface area contributed by atoms with E-state index in [2.05, 4.69) is 79.4 Å². The van der Waals surface area contributed by atoms with E-state index in [1.165, 1.54) is 30.4 Å². The minimum atomic E-state index is 0.749. The fourth-order valence-corrected chi connectivity index (χ4v) is 5.69. The molecule has 25 heavy (non-hydrogen) atoms. The second-order valence-electron chi connectivity index (χ2n) is 8.52. The van der Waals surface area contributed by atoms with E-state index >= 15 is 0 Å². The van der Waals surface area contributed by atoms with Crippen LogP contribution in [-0.2, 0) is 13.1 Å². The summed E-state index contributed by atoms with van der Waals surface area (Å²) in [5.74, 6) is 3.52. The predicted molar refractivity (Wildman–Crippen MR) is 105 cm³/mol. The van der Waals surface area contributed by atoms with Gasteiger partial charge in [0.25, 0.3) is 0 Å². The molecule has 4 rings (SSSR count). The Morgan fingerprint density at radius 1 is 0.800 bits per heavy atom. The Bertz CT molecular complexity index is 622. The lowest BCUT2D eigenvalue weighted by Crippen LogP contribution is -2.45. The van der Waals surface area contributed by atoms with Crippen LogP contribution in [0.15, 0.2) is 60.7 Å². The van der Waals surface area contributed by atoms with Gasteiger partial charge in [-0.25, -0.2) is 0 Å². The van der Waals surface area contributed by atoms with Gasteiger partial charge in [0.05, 0.1) is 0 Å². The number of rotatable bonds is 6. The number of benzene rings is 2. The van der Waals surface area contributed by atoms with Crippen LogP contribution in [0.25, 0.3) is 0 Å². The van der Waals surface area contributed by atoms with Crippen LogP contribution in [0.2, 0.25) is 0 Å². The highest BCUT2D eigenvalue weighted by Crippen LogP contribution is 2.53. The third kappa shape index (κ3) is 3.53. The highest BCUT2D eigenvalue weighted by Gasteiger charge is 2.50. The van der Waals surface area contributed by atoms with Crippen LogP contribution in [0.3, 0.4) is 0 Å². The summed E-state index contributed by atoms with van der Waals surface area (Å²) < 4.78 is 0. The Kier molecular flexibility index (Phi) is 4.94. The zero-order chi connectivity index (χ0) is 17.2. The van der Waals surface area contributed by atoms with Crippen molar-refractivity contribution in [2.45, 2.75) is 52.2 Å². The molecule has 2 aromatic carbocycles. The Labute approximate surface area is 153 Å². The maximum Gasteiger partial charge on any atom is 0.0240 e. The third-order valence-corrected chi connectivity index (χ3v) is 6.58. The predicted octanol–water partition coefficient (Wildman–Crippen LogP) is 5.76. The highest BCUT2D eigenvalue weighted by molar-refractivity contribution is 5.18. The van der Waals surface area contributed by atoms with E-state index in [0.29, 0.717) is 0 Å². The van der Waals surface area contributed by atoms with E-state index < -0.39 is 0 Å². The quantitative estimate of drug-likeness (QED) is 0.649. The summed E-state index contributed by atoms with van der Waals surface area (Å²) in [6.07, 6.45) is 4.38. The van der Waals surface area contributed by atoms with Gasteiger partial charge in [0, 0.05) is 19.1 Å². The van der Waals surface area contributed by atoms with E-state index in [4.69, 9.17) is 0 Å². The molecule has 2 aromatic rings. The lowest BCUT2D eigenvalue weighted by molar-refractivity contribution is 0.0576. The average molecular weight is 334 g/mol. The molecule has 2 saturated carbocycles. The van der Waals surface area contributed by atoms with Gasteiger partial charge in [0.1, 0.15) is 0 Å². The first-order valence-corrected chi connectivity index (χ1v) is 10.0. The van der Waals surface area contributed by atoms with Crippen molar-refractivity contribution in [3.8, 4) is 0 Å². The van der Waals surface area contributed by atoms with E-state index in [-0.39, 0.29) is 0 Å². The summed E-state index contributed by atoms with van der Waals surface area (Å²) in [5, 5.41) is 0. The van der Waals surface area contributed by atoms with E-state index in [0.717, 1.165) is 42.8 Å². The SMILES string of the molecule is CC(C)C1[C@H]2CC[C@H](C2)[C@H]1N(Cc1ccccc1)Cc1ccccc1. The van der Waals surface area contributed by atoms with Crippen LogP contribution in [0.5, 0.6) is 0 Å².